The maximum absolute atomic E-state index is 11.9. The second-order valence-corrected chi connectivity index (χ2v) is 4.62. The van der Waals surface area contributed by atoms with E-state index in [0.29, 0.717) is 13.0 Å². The summed E-state index contributed by atoms with van der Waals surface area (Å²) in [6.45, 7) is 1.50. The number of para-hydroxylation sites is 1. The molecule has 0 saturated heterocycles. The molecule has 0 spiro atoms. The SMILES string of the molecule is CNCCCC(=O)Nc1ccccc1Cn1cccn1. The van der Waals surface area contributed by atoms with E-state index in [4.69, 9.17) is 0 Å². The maximum Gasteiger partial charge on any atom is 0.224 e. The lowest BCUT2D eigenvalue weighted by Gasteiger charge is -2.11. The van der Waals surface area contributed by atoms with E-state index in [2.05, 4.69) is 15.7 Å². The van der Waals surface area contributed by atoms with Crippen LogP contribution in [0.5, 0.6) is 0 Å². The minimum atomic E-state index is 0.0492. The van der Waals surface area contributed by atoms with Crippen molar-refractivity contribution in [3.63, 3.8) is 0 Å². The molecule has 0 aliphatic heterocycles. The first-order valence-corrected chi connectivity index (χ1v) is 6.79. The summed E-state index contributed by atoms with van der Waals surface area (Å²) in [5.41, 5.74) is 1.91. The Balaban J connectivity index is 1.98. The van der Waals surface area contributed by atoms with Crippen molar-refractivity contribution >= 4 is 11.6 Å². The number of benzene rings is 1. The fourth-order valence-electron chi connectivity index (χ4n) is 1.99. The summed E-state index contributed by atoms with van der Waals surface area (Å²) in [5, 5.41) is 10.2. The van der Waals surface area contributed by atoms with Gasteiger partial charge in [0.25, 0.3) is 0 Å². The standard InChI is InChI=1S/C15H20N4O/c1-16-9-4-8-15(20)18-14-7-3-2-6-13(14)12-19-11-5-10-17-19/h2-3,5-7,10-11,16H,4,8-9,12H2,1H3,(H,18,20). The fourth-order valence-corrected chi connectivity index (χ4v) is 1.99. The average Bonchev–Trinajstić information content (AvgIpc) is 2.94. The van der Waals surface area contributed by atoms with Gasteiger partial charge in [0.1, 0.15) is 0 Å². The first-order chi connectivity index (χ1) is 9.79. The van der Waals surface area contributed by atoms with E-state index >= 15 is 0 Å². The molecule has 0 fully saturated rings. The van der Waals surface area contributed by atoms with E-state index < -0.39 is 0 Å². The Morgan fingerprint density at radius 1 is 1.30 bits per heavy atom. The van der Waals surface area contributed by atoms with Gasteiger partial charge in [-0.25, -0.2) is 0 Å². The molecular formula is C15H20N4O. The number of amides is 1. The Hall–Kier alpha value is -2.14. The van der Waals surface area contributed by atoms with E-state index in [1.807, 2.05) is 48.3 Å². The van der Waals surface area contributed by atoms with Crippen LogP contribution in [-0.2, 0) is 11.3 Å². The lowest BCUT2D eigenvalue weighted by Crippen LogP contribution is -2.16. The second kappa shape index (κ2) is 7.45. The second-order valence-electron chi connectivity index (χ2n) is 4.62. The number of carbonyl (C=O) groups is 1. The molecule has 2 rings (SSSR count). The summed E-state index contributed by atoms with van der Waals surface area (Å²) in [5.74, 6) is 0.0492. The molecule has 1 heterocycles. The highest BCUT2D eigenvalue weighted by atomic mass is 16.1. The van der Waals surface area contributed by atoms with Crippen molar-refractivity contribution in [2.45, 2.75) is 19.4 Å². The van der Waals surface area contributed by atoms with Crippen molar-refractivity contribution in [3.8, 4) is 0 Å². The van der Waals surface area contributed by atoms with Crippen LogP contribution in [0.15, 0.2) is 42.7 Å². The highest BCUT2D eigenvalue weighted by Gasteiger charge is 2.06. The van der Waals surface area contributed by atoms with Gasteiger partial charge in [0.15, 0.2) is 0 Å². The van der Waals surface area contributed by atoms with Crippen molar-refractivity contribution in [1.29, 1.82) is 0 Å². The lowest BCUT2D eigenvalue weighted by molar-refractivity contribution is -0.116. The van der Waals surface area contributed by atoms with Crippen LogP contribution in [0.2, 0.25) is 0 Å². The minimum absolute atomic E-state index is 0.0492. The average molecular weight is 272 g/mol. The molecule has 0 radical (unpaired) electrons. The van der Waals surface area contributed by atoms with Gasteiger partial charge in [-0.2, -0.15) is 5.10 Å². The molecule has 0 atom stereocenters. The zero-order valence-corrected chi connectivity index (χ0v) is 11.7. The number of rotatable bonds is 7. The Morgan fingerprint density at radius 2 is 2.15 bits per heavy atom. The number of carbonyl (C=O) groups excluding carboxylic acids is 1. The summed E-state index contributed by atoms with van der Waals surface area (Å²) in [4.78, 5) is 11.9. The molecule has 1 aromatic carbocycles. The molecule has 1 amide bonds. The number of anilines is 1. The molecule has 5 heteroatoms. The molecule has 2 aromatic rings. The van der Waals surface area contributed by atoms with Crippen LogP contribution in [0, 0.1) is 0 Å². The molecule has 0 aliphatic carbocycles. The van der Waals surface area contributed by atoms with E-state index in [1.54, 1.807) is 6.20 Å². The minimum Gasteiger partial charge on any atom is -0.326 e. The predicted octanol–water partition coefficient (Wildman–Crippen LogP) is 1.87. The third-order valence-corrected chi connectivity index (χ3v) is 3.01. The number of aromatic nitrogens is 2. The largest absolute Gasteiger partial charge is 0.326 e. The van der Waals surface area contributed by atoms with Gasteiger partial charge in [0.2, 0.25) is 5.91 Å². The molecular weight excluding hydrogens is 252 g/mol. The van der Waals surface area contributed by atoms with E-state index in [1.165, 1.54) is 0 Å². The Labute approximate surface area is 119 Å². The number of hydrogen-bond donors (Lipinski definition) is 2. The van der Waals surface area contributed by atoms with E-state index in [9.17, 15) is 4.79 Å². The van der Waals surface area contributed by atoms with Crippen LogP contribution in [0.3, 0.4) is 0 Å². The molecule has 0 aliphatic rings. The summed E-state index contributed by atoms with van der Waals surface area (Å²) < 4.78 is 1.84. The van der Waals surface area contributed by atoms with Gasteiger partial charge < -0.3 is 10.6 Å². The molecule has 106 valence electrons. The summed E-state index contributed by atoms with van der Waals surface area (Å²) >= 11 is 0. The molecule has 0 unspecified atom stereocenters. The summed E-state index contributed by atoms with van der Waals surface area (Å²) in [6, 6.07) is 9.71. The van der Waals surface area contributed by atoms with Crippen LogP contribution in [-0.4, -0.2) is 29.3 Å². The molecule has 1 aromatic heterocycles. The lowest BCUT2D eigenvalue weighted by atomic mass is 10.1. The monoisotopic (exact) mass is 272 g/mol. The quantitative estimate of drug-likeness (QED) is 0.756. The molecule has 20 heavy (non-hydrogen) atoms. The van der Waals surface area contributed by atoms with Crippen molar-refractivity contribution in [2.24, 2.45) is 0 Å². The normalized spacial score (nSPS) is 10.4. The fraction of sp³-hybridized carbons (Fsp3) is 0.333. The van der Waals surface area contributed by atoms with Crippen LogP contribution < -0.4 is 10.6 Å². The third kappa shape index (κ3) is 4.20. The summed E-state index contributed by atoms with van der Waals surface area (Å²) in [6.07, 6.45) is 5.02. The van der Waals surface area contributed by atoms with Crippen LogP contribution in [0.25, 0.3) is 0 Å². The maximum atomic E-state index is 11.9. The molecule has 2 N–H and O–H groups in total. The number of nitrogens with zero attached hydrogens (tertiary/aromatic N) is 2. The van der Waals surface area contributed by atoms with Crippen molar-refractivity contribution in [3.05, 3.63) is 48.3 Å². The third-order valence-electron chi connectivity index (χ3n) is 3.01. The Kier molecular flexibility index (Phi) is 5.32. The van der Waals surface area contributed by atoms with Gasteiger partial charge in [-0.1, -0.05) is 18.2 Å². The molecule has 0 bridgehead atoms. The van der Waals surface area contributed by atoms with Crippen molar-refractivity contribution in [1.82, 2.24) is 15.1 Å². The van der Waals surface area contributed by atoms with Crippen molar-refractivity contribution in [2.75, 3.05) is 18.9 Å². The van der Waals surface area contributed by atoms with Gasteiger partial charge in [-0.3, -0.25) is 9.48 Å². The topological polar surface area (TPSA) is 59.0 Å². The van der Waals surface area contributed by atoms with Gasteiger partial charge in [-0.15, -0.1) is 0 Å². The van der Waals surface area contributed by atoms with Gasteiger partial charge in [0.05, 0.1) is 6.54 Å². The van der Waals surface area contributed by atoms with Crippen LogP contribution >= 0.6 is 0 Å². The van der Waals surface area contributed by atoms with Crippen LogP contribution in [0.1, 0.15) is 18.4 Å². The smallest absolute Gasteiger partial charge is 0.224 e. The number of hydrogen-bond acceptors (Lipinski definition) is 3. The first kappa shape index (κ1) is 14.3. The highest BCUT2D eigenvalue weighted by molar-refractivity contribution is 5.91. The van der Waals surface area contributed by atoms with Crippen LogP contribution in [0.4, 0.5) is 5.69 Å². The zero-order valence-electron chi connectivity index (χ0n) is 11.7. The Morgan fingerprint density at radius 3 is 2.90 bits per heavy atom. The zero-order chi connectivity index (χ0) is 14.2. The highest BCUT2D eigenvalue weighted by Crippen LogP contribution is 2.16. The van der Waals surface area contributed by atoms with Gasteiger partial charge in [0, 0.05) is 24.5 Å². The molecule has 5 nitrogen and oxygen atoms in total. The predicted molar refractivity (Wildman–Crippen MR) is 79.6 cm³/mol. The van der Waals surface area contributed by atoms with Gasteiger partial charge >= 0.3 is 0 Å². The first-order valence-electron chi connectivity index (χ1n) is 6.79. The Bertz CT molecular complexity index is 537. The van der Waals surface area contributed by atoms with E-state index in [0.717, 1.165) is 24.2 Å². The molecule has 0 saturated carbocycles. The number of nitrogens with one attached hydrogen (secondary N) is 2. The van der Waals surface area contributed by atoms with Crippen molar-refractivity contribution < 1.29 is 4.79 Å². The van der Waals surface area contributed by atoms with E-state index in [-0.39, 0.29) is 5.91 Å². The summed E-state index contributed by atoms with van der Waals surface area (Å²) in [7, 11) is 1.89. The van der Waals surface area contributed by atoms with Gasteiger partial charge in [-0.05, 0) is 37.7 Å².